The van der Waals surface area contributed by atoms with Crippen molar-refractivity contribution in [3.63, 3.8) is 0 Å². The molecule has 23 heavy (non-hydrogen) atoms. The summed E-state index contributed by atoms with van der Waals surface area (Å²) in [6, 6.07) is 14.5. The van der Waals surface area contributed by atoms with E-state index in [-0.39, 0.29) is 5.92 Å². The molecule has 124 valence electrons. The molecule has 0 amide bonds. The predicted molar refractivity (Wildman–Crippen MR) is 95.5 cm³/mol. The minimum absolute atomic E-state index is 0.235. The van der Waals surface area contributed by atoms with Crippen LogP contribution in [0.2, 0.25) is 0 Å². The van der Waals surface area contributed by atoms with Crippen molar-refractivity contribution in [3.05, 3.63) is 59.2 Å². The number of ether oxygens (including phenoxy) is 2. The lowest BCUT2D eigenvalue weighted by atomic mass is 9.94. The SMILES string of the molecule is CCc1cccc(OCCC(CN)c2cc(C)ccc2OC)c1. The Morgan fingerprint density at radius 3 is 2.65 bits per heavy atom. The normalized spacial score (nSPS) is 12.0. The number of nitrogens with two attached hydrogens (primary N) is 1. The maximum absolute atomic E-state index is 5.99. The largest absolute Gasteiger partial charge is 0.496 e. The van der Waals surface area contributed by atoms with Gasteiger partial charge in [0.05, 0.1) is 13.7 Å². The molecule has 3 heteroatoms. The summed E-state index contributed by atoms with van der Waals surface area (Å²) >= 11 is 0. The van der Waals surface area contributed by atoms with Gasteiger partial charge in [-0.15, -0.1) is 0 Å². The topological polar surface area (TPSA) is 44.5 Å². The molecule has 2 N–H and O–H groups in total. The summed E-state index contributed by atoms with van der Waals surface area (Å²) in [5.74, 6) is 2.06. The third-order valence-corrected chi connectivity index (χ3v) is 4.15. The van der Waals surface area contributed by atoms with Crippen molar-refractivity contribution in [1.82, 2.24) is 0 Å². The molecule has 2 rings (SSSR count). The molecule has 0 bridgehead atoms. The van der Waals surface area contributed by atoms with Crippen LogP contribution >= 0.6 is 0 Å². The molecule has 0 radical (unpaired) electrons. The summed E-state index contributed by atoms with van der Waals surface area (Å²) in [5, 5.41) is 0. The smallest absolute Gasteiger partial charge is 0.122 e. The third-order valence-electron chi connectivity index (χ3n) is 4.15. The van der Waals surface area contributed by atoms with E-state index in [0.717, 1.165) is 24.3 Å². The fourth-order valence-electron chi connectivity index (χ4n) is 2.75. The zero-order chi connectivity index (χ0) is 16.7. The van der Waals surface area contributed by atoms with Crippen molar-refractivity contribution in [2.24, 2.45) is 5.73 Å². The zero-order valence-corrected chi connectivity index (χ0v) is 14.3. The molecular formula is C20H27NO2. The van der Waals surface area contributed by atoms with E-state index in [1.54, 1.807) is 7.11 Å². The van der Waals surface area contributed by atoms with Crippen LogP contribution in [-0.2, 0) is 6.42 Å². The van der Waals surface area contributed by atoms with E-state index in [1.165, 1.54) is 16.7 Å². The maximum atomic E-state index is 5.99. The second-order valence-corrected chi connectivity index (χ2v) is 5.82. The average molecular weight is 313 g/mol. The quantitative estimate of drug-likeness (QED) is 0.798. The first-order chi connectivity index (χ1) is 11.2. The van der Waals surface area contributed by atoms with Gasteiger partial charge in [-0.05, 0) is 55.6 Å². The van der Waals surface area contributed by atoms with Crippen LogP contribution in [0.4, 0.5) is 0 Å². The fourth-order valence-corrected chi connectivity index (χ4v) is 2.75. The van der Waals surface area contributed by atoms with Gasteiger partial charge in [0.15, 0.2) is 0 Å². The summed E-state index contributed by atoms with van der Waals surface area (Å²) in [4.78, 5) is 0. The number of rotatable bonds is 8. The summed E-state index contributed by atoms with van der Waals surface area (Å²) in [6.45, 7) is 5.46. The van der Waals surface area contributed by atoms with Crippen LogP contribution in [-0.4, -0.2) is 20.3 Å². The van der Waals surface area contributed by atoms with E-state index < -0.39 is 0 Å². The van der Waals surface area contributed by atoms with E-state index in [4.69, 9.17) is 15.2 Å². The van der Waals surface area contributed by atoms with Crippen LogP contribution in [0, 0.1) is 6.92 Å². The monoisotopic (exact) mass is 313 g/mol. The lowest BCUT2D eigenvalue weighted by Crippen LogP contribution is -2.16. The molecule has 0 heterocycles. The van der Waals surface area contributed by atoms with Crippen molar-refractivity contribution in [3.8, 4) is 11.5 Å². The highest BCUT2D eigenvalue weighted by atomic mass is 16.5. The molecule has 0 aliphatic carbocycles. The Balaban J connectivity index is 2.01. The zero-order valence-electron chi connectivity index (χ0n) is 14.3. The summed E-state index contributed by atoms with van der Waals surface area (Å²) in [7, 11) is 1.70. The van der Waals surface area contributed by atoms with E-state index >= 15 is 0 Å². The van der Waals surface area contributed by atoms with E-state index in [2.05, 4.69) is 38.1 Å². The van der Waals surface area contributed by atoms with Gasteiger partial charge in [0.1, 0.15) is 11.5 Å². The third kappa shape index (κ3) is 4.73. The van der Waals surface area contributed by atoms with E-state index in [9.17, 15) is 0 Å². The number of methoxy groups -OCH3 is 1. The van der Waals surface area contributed by atoms with Gasteiger partial charge in [0.2, 0.25) is 0 Å². The highest BCUT2D eigenvalue weighted by Gasteiger charge is 2.15. The Morgan fingerprint density at radius 2 is 1.96 bits per heavy atom. The average Bonchev–Trinajstić information content (AvgIpc) is 2.59. The van der Waals surface area contributed by atoms with Crippen LogP contribution < -0.4 is 15.2 Å². The summed E-state index contributed by atoms with van der Waals surface area (Å²) < 4.78 is 11.4. The van der Waals surface area contributed by atoms with Gasteiger partial charge in [-0.2, -0.15) is 0 Å². The first kappa shape index (κ1) is 17.4. The molecule has 0 aliphatic heterocycles. The van der Waals surface area contributed by atoms with Crippen molar-refractivity contribution in [2.45, 2.75) is 32.6 Å². The fraction of sp³-hybridized carbons (Fsp3) is 0.400. The molecule has 0 saturated heterocycles. The second kappa shape index (κ2) is 8.59. The Kier molecular flexibility index (Phi) is 6.48. The van der Waals surface area contributed by atoms with Gasteiger partial charge < -0.3 is 15.2 Å². The number of benzene rings is 2. The Hall–Kier alpha value is -2.00. The molecule has 1 atom stereocenters. The molecule has 0 aromatic heterocycles. The van der Waals surface area contributed by atoms with Gasteiger partial charge in [0, 0.05) is 5.92 Å². The van der Waals surface area contributed by atoms with Crippen LogP contribution in [0.15, 0.2) is 42.5 Å². The highest BCUT2D eigenvalue weighted by Crippen LogP contribution is 2.29. The number of hydrogen-bond acceptors (Lipinski definition) is 3. The lowest BCUT2D eigenvalue weighted by molar-refractivity contribution is 0.296. The molecular weight excluding hydrogens is 286 g/mol. The Morgan fingerprint density at radius 1 is 1.13 bits per heavy atom. The number of hydrogen-bond donors (Lipinski definition) is 1. The van der Waals surface area contributed by atoms with Crippen molar-refractivity contribution >= 4 is 0 Å². The number of aryl methyl sites for hydroxylation is 2. The van der Waals surface area contributed by atoms with Gasteiger partial charge in [-0.1, -0.05) is 36.8 Å². The minimum atomic E-state index is 0.235. The van der Waals surface area contributed by atoms with E-state index in [1.807, 2.05) is 18.2 Å². The van der Waals surface area contributed by atoms with Gasteiger partial charge >= 0.3 is 0 Å². The standard InChI is InChI=1S/C20H27NO2/c1-4-16-6-5-7-18(13-16)23-11-10-17(14-21)19-12-15(2)8-9-20(19)22-3/h5-9,12-13,17H,4,10-11,14,21H2,1-3H3. The van der Waals surface area contributed by atoms with Crippen LogP contribution in [0.1, 0.15) is 36.0 Å². The van der Waals surface area contributed by atoms with Crippen molar-refractivity contribution in [1.29, 1.82) is 0 Å². The van der Waals surface area contributed by atoms with Gasteiger partial charge in [-0.3, -0.25) is 0 Å². The Bertz CT molecular complexity index is 625. The summed E-state index contributed by atoms with van der Waals surface area (Å²) in [6.07, 6.45) is 1.88. The molecule has 0 fully saturated rings. The van der Waals surface area contributed by atoms with Gasteiger partial charge in [-0.25, -0.2) is 0 Å². The lowest BCUT2D eigenvalue weighted by Gasteiger charge is -2.19. The van der Waals surface area contributed by atoms with Gasteiger partial charge in [0.25, 0.3) is 0 Å². The van der Waals surface area contributed by atoms with Crippen LogP contribution in [0.3, 0.4) is 0 Å². The van der Waals surface area contributed by atoms with Crippen LogP contribution in [0.25, 0.3) is 0 Å². The molecule has 2 aromatic carbocycles. The highest BCUT2D eigenvalue weighted by molar-refractivity contribution is 5.39. The van der Waals surface area contributed by atoms with Crippen molar-refractivity contribution in [2.75, 3.05) is 20.3 Å². The van der Waals surface area contributed by atoms with Crippen molar-refractivity contribution < 1.29 is 9.47 Å². The second-order valence-electron chi connectivity index (χ2n) is 5.82. The molecule has 0 spiro atoms. The maximum Gasteiger partial charge on any atom is 0.122 e. The molecule has 2 aromatic rings. The first-order valence-corrected chi connectivity index (χ1v) is 8.24. The first-order valence-electron chi connectivity index (χ1n) is 8.24. The summed E-state index contributed by atoms with van der Waals surface area (Å²) in [5.41, 5.74) is 9.67. The van der Waals surface area contributed by atoms with E-state index in [0.29, 0.717) is 13.2 Å². The minimum Gasteiger partial charge on any atom is -0.496 e. The molecule has 0 aliphatic rings. The predicted octanol–water partition coefficient (Wildman–Crippen LogP) is 4.08. The molecule has 3 nitrogen and oxygen atoms in total. The Labute approximate surface area is 139 Å². The molecule has 1 unspecified atom stereocenters. The van der Waals surface area contributed by atoms with Crippen LogP contribution in [0.5, 0.6) is 11.5 Å². The molecule has 0 saturated carbocycles.